The van der Waals surface area contributed by atoms with E-state index in [0.29, 0.717) is 11.4 Å². The van der Waals surface area contributed by atoms with Crippen molar-refractivity contribution in [1.82, 2.24) is 0 Å². The van der Waals surface area contributed by atoms with Gasteiger partial charge in [-0.15, -0.1) is 0 Å². The lowest BCUT2D eigenvalue weighted by atomic mass is 10.1. The van der Waals surface area contributed by atoms with Crippen LogP contribution in [0.2, 0.25) is 5.02 Å². The molecule has 0 aliphatic rings. The normalized spacial score (nSPS) is 12.0. The van der Waals surface area contributed by atoms with Crippen LogP contribution in [-0.4, -0.2) is 14.2 Å². The highest BCUT2D eigenvalue weighted by atomic mass is 35.5. The zero-order valence-corrected chi connectivity index (χ0v) is 12.7. The van der Waals surface area contributed by atoms with Crippen LogP contribution >= 0.6 is 11.6 Å². The average molecular weight is 291 g/mol. The Morgan fingerprint density at radius 2 is 1.80 bits per heavy atom. The third-order valence-corrected chi connectivity index (χ3v) is 3.81. The van der Waals surface area contributed by atoms with Crippen LogP contribution < -0.4 is 15.4 Å². The molecule has 3 nitrogen and oxygen atoms in total. The van der Waals surface area contributed by atoms with E-state index in [-0.39, 0.29) is 6.04 Å². The second-order valence-corrected chi connectivity index (χ2v) is 5.20. The van der Waals surface area contributed by atoms with Crippen molar-refractivity contribution in [2.45, 2.75) is 13.0 Å². The summed E-state index contributed by atoms with van der Waals surface area (Å²) in [5.41, 5.74) is 8.74. The van der Waals surface area contributed by atoms with Crippen molar-refractivity contribution in [3.05, 3.63) is 53.1 Å². The number of nitrogens with zero attached hydrogens (tertiary/aromatic N) is 1. The van der Waals surface area contributed by atoms with Gasteiger partial charge in [0.2, 0.25) is 0 Å². The minimum Gasteiger partial charge on any atom is -0.495 e. The molecule has 106 valence electrons. The minimum atomic E-state index is 0.223. The van der Waals surface area contributed by atoms with Crippen molar-refractivity contribution < 1.29 is 4.74 Å². The molecule has 0 amide bonds. The number of hydrogen-bond donors (Lipinski definition) is 1. The van der Waals surface area contributed by atoms with Crippen LogP contribution in [0.25, 0.3) is 0 Å². The molecule has 1 atom stereocenters. The Hall–Kier alpha value is -1.87. The molecular formula is C16H19ClN2O. The van der Waals surface area contributed by atoms with Crippen molar-refractivity contribution in [1.29, 1.82) is 0 Å². The third-order valence-electron chi connectivity index (χ3n) is 3.56. The summed E-state index contributed by atoms with van der Waals surface area (Å²) in [6.45, 7) is 2.14. The van der Waals surface area contributed by atoms with Crippen LogP contribution in [0.4, 0.5) is 11.4 Å². The lowest BCUT2D eigenvalue weighted by Crippen LogP contribution is -2.21. The molecule has 0 heterocycles. The predicted molar refractivity (Wildman–Crippen MR) is 85.7 cm³/mol. The van der Waals surface area contributed by atoms with Gasteiger partial charge in [-0.2, -0.15) is 0 Å². The molecule has 0 spiro atoms. The monoisotopic (exact) mass is 290 g/mol. The fraction of sp³-hybridized carbons (Fsp3) is 0.250. The standard InChI is InChI=1S/C16H19ClN2O/c1-11(12-4-6-13(17)7-5-12)19(2)14-8-9-15(18)16(10-14)20-3/h4-11H,18H2,1-3H3. The maximum Gasteiger partial charge on any atom is 0.143 e. The van der Waals surface area contributed by atoms with Crippen LogP contribution in [0.1, 0.15) is 18.5 Å². The van der Waals surface area contributed by atoms with Crippen molar-refractivity contribution in [2.75, 3.05) is 24.8 Å². The van der Waals surface area contributed by atoms with Crippen LogP contribution in [0, 0.1) is 0 Å². The number of rotatable bonds is 4. The molecule has 0 radical (unpaired) electrons. The van der Waals surface area contributed by atoms with Gasteiger partial charge in [-0.1, -0.05) is 23.7 Å². The van der Waals surface area contributed by atoms with Gasteiger partial charge in [-0.05, 0) is 36.8 Å². The number of benzene rings is 2. The fourth-order valence-electron chi connectivity index (χ4n) is 2.11. The minimum absolute atomic E-state index is 0.223. The highest BCUT2D eigenvalue weighted by Gasteiger charge is 2.13. The van der Waals surface area contributed by atoms with E-state index in [1.165, 1.54) is 5.56 Å². The summed E-state index contributed by atoms with van der Waals surface area (Å²) in [5, 5.41) is 0.748. The predicted octanol–water partition coefficient (Wildman–Crippen LogP) is 4.13. The number of halogens is 1. The first-order valence-electron chi connectivity index (χ1n) is 6.44. The zero-order chi connectivity index (χ0) is 14.7. The summed E-state index contributed by atoms with van der Waals surface area (Å²) in [7, 11) is 3.67. The van der Waals surface area contributed by atoms with Crippen molar-refractivity contribution in [2.24, 2.45) is 0 Å². The smallest absolute Gasteiger partial charge is 0.143 e. The Kier molecular flexibility index (Phi) is 4.40. The van der Waals surface area contributed by atoms with Gasteiger partial charge in [0, 0.05) is 23.8 Å². The van der Waals surface area contributed by atoms with Gasteiger partial charge in [-0.25, -0.2) is 0 Å². The van der Waals surface area contributed by atoms with E-state index >= 15 is 0 Å². The Labute approximate surface area is 124 Å². The van der Waals surface area contributed by atoms with Crippen LogP contribution in [0.5, 0.6) is 5.75 Å². The first-order chi connectivity index (χ1) is 9.52. The molecule has 1 unspecified atom stereocenters. The second-order valence-electron chi connectivity index (χ2n) is 4.76. The van der Waals surface area contributed by atoms with Gasteiger partial charge in [0.25, 0.3) is 0 Å². The summed E-state index contributed by atoms with van der Waals surface area (Å²) in [6.07, 6.45) is 0. The number of methoxy groups -OCH3 is 1. The van der Waals surface area contributed by atoms with E-state index < -0.39 is 0 Å². The summed E-state index contributed by atoms with van der Waals surface area (Å²) < 4.78 is 5.27. The quantitative estimate of drug-likeness (QED) is 0.861. The highest BCUT2D eigenvalue weighted by molar-refractivity contribution is 6.30. The number of nitrogen functional groups attached to an aromatic ring is 1. The molecule has 0 aromatic heterocycles. The molecule has 2 aromatic rings. The Bertz CT molecular complexity index is 584. The first-order valence-corrected chi connectivity index (χ1v) is 6.82. The van der Waals surface area contributed by atoms with E-state index in [1.54, 1.807) is 7.11 Å². The molecule has 0 aliphatic heterocycles. The molecule has 2 N–H and O–H groups in total. The molecule has 0 fully saturated rings. The number of anilines is 2. The topological polar surface area (TPSA) is 38.5 Å². The van der Waals surface area contributed by atoms with E-state index in [9.17, 15) is 0 Å². The largest absolute Gasteiger partial charge is 0.495 e. The van der Waals surface area contributed by atoms with E-state index in [1.807, 2.05) is 49.5 Å². The molecule has 0 saturated heterocycles. The molecule has 0 saturated carbocycles. The van der Waals surface area contributed by atoms with Crippen LogP contribution in [0.3, 0.4) is 0 Å². The molecular weight excluding hydrogens is 272 g/mol. The summed E-state index contributed by atoms with van der Waals surface area (Å²) in [5.74, 6) is 0.692. The molecule has 0 aliphatic carbocycles. The summed E-state index contributed by atoms with van der Waals surface area (Å²) in [4.78, 5) is 2.17. The van der Waals surface area contributed by atoms with Gasteiger partial charge < -0.3 is 15.4 Å². The van der Waals surface area contributed by atoms with E-state index in [0.717, 1.165) is 10.7 Å². The maximum absolute atomic E-state index is 5.93. The lowest BCUT2D eigenvalue weighted by Gasteiger charge is -2.28. The molecule has 2 aromatic carbocycles. The first kappa shape index (κ1) is 14.5. The summed E-state index contributed by atoms with van der Waals surface area (Å²) >= 11 is 5.93. The zero-order valence-electron chi connectivity index (χ0n) is 11.9. The fourth-order valence-corrected chi connectivity index (χ4v) is 2.23. The van der Waals surface area contributed by atoms with Gasteiger partial charge in [0.1, 0.15) is 5.75 Å². The second kappa shape index (κ2) is 6.06. The van der Waals surface area contributed by atoms with Crippen molar-refractivity contribution in [3.63, 3.8) is 0 Å². The molecule has 0 bridgehead atoms. The van der Waals surface area contributed by atoms with Crippen LogP contribution in [-0.2, 0) is 0 Å². The highest BCUT2D eigenvalue weighted by Crippen LogP contribution is 2.31. The number of ether oxygens (including phenoxy) is 1. The average Bonchev–Trinajstić information content (AvgIpc) is 2.47. The van der Waals surface area contributed by atoms with Gasteiger partial charge in [0.15, 0.2) is 0 Å². The lowest BCUT2D eigenvalue weighted by molar-refractivity contribution is 0.417. The third kappa shape index (κ3) is 2.99. The Balaban J connectivity index is 2.26. The number of hydrogen-bond acceptors (Lipinski definition) is 3. The molecule has 2 rings (SSSR count). The van der Waals surface area contributed by atoms with Gasteiger partial charge in [0.05, 0.1) is 18.8 Å². The molecule has 4 heteroatoms. The van der Waals surface area contributed by atoms with Gasteiger partial charge in [-0.3, -0.25) is 0 Å². The van der Waals surface area contributed by atoms with E-state index in [4.69, 9.17) is 22.1 Å². The van der Waals surface area contributed by atoms with Crippen molar-refractivity contribution in [3.8, 4) is 5.75 Å². The maximum atomic E-state index is 5.93. The van der Waals surface area contributed by atoms with E-state index in [2.05, 4.69) is 11.8 Å². The van der Waals surface area contributed by atoms with Crippen LogP contribution in [0.15, 0.2) is 42.5 Å². The Morgan fingerprint density at radius 3 is 2.40 bits per heavy atom. The van der Waals surface area contributed by atoms with Crippen molar-refractivity contribution >= 4 is 23.0 Å². The number of nitrogens with two attached hydrogens (primary N) is 1. The van der Waals surface area contributed by atoms with Gasteiger partial charge >= 0.3 is 0 Å². The Morgan fingerprint density at radius 1 is 1.15 bits per heavy atom. The molecule has 20 heavy (non-hydrogen) atoms. The summed E-state index contributed by atoms with van der Waals surface area (Å²) in [6, 6.07) is 13.9. The SMILES string of the molecule is COc1cc(N(C)C(C)c2ccc(Cl)cc2)ccc1N.